The average Bonchev–Trinajstić information content (AvgIpc) is 2.38. The van der Waals surface area contributed by atoms with Crippen molar-refractivity contribution < 1.29 is 19.4 Å². The number of aliphatic carboxylic acids is 1. The Labute approximate surface area is 111 Å². The van der Waals surface area contributed by atoms with Crippen molar-refractivity contribution >= 4 is 17.7 Å². The Bertz CT molecular complexity index is 460. The van der Waals surface area contributed by atoms with Crippen LogP contribution in [0.15, 0.2) is 18.2 Å². The minimum Gasteiger partial charge on any atom is -0.495 e. The number of aryl methyl sites for hydroxylation is 1. The molecule has 0 aliphatic heterocycles. The molecule has 0 spiro atoms. The first-order valence-corrected chi connectivity index (χ1v) is 6.00. The van der Waals surface area contributed by atoms with E-state index in [4.69, 9.17) is 9.84 Å². The summed E-state index contributed by atoms with van der Waals surface area (Å²) in [5.74, 6) is -0.392. The van der Waals surface area contributed by atoms with Gasteiger partial charge >= 0.3 is 12.0 Å². The number of carboxylic acids is 1. The van der Waals surface area contributed by atoms with Crippen LogP contribution in [0.2, 0.25) is 0 Å². The van der Waals surface area contributed by atoms with Crippen molar-refractivity contribution in [3.8, 4) is 5.75 Å². The molecule has 0 aliphatic carbocycles. The Morgan fingerprint density at radius 1 is 1.37 bits per heavy atom. The number of hydrogen-bond acceptors (Lipinski definition) is 3. The Hall–Kier alpha value is -2.24. The number of carbonyl (C=O) groups is 2. The molecule has 6 nitrogen and oxygen atoms in total. The summed E-state index contributed by atoms with van der Waals surface area (Å²) in [6, 6.07) is 5.08. The molecular formula is C13H18N2O4. The topological polar surface area (TPSA) is 87.7 Å². The van der Waals surface area contributed by atoms with Crippen LogP contribution in [-0.4, -0.2) is 30.8 Å². The molecule has 0 saturated heterocycles. The zero-order chi connectivity index (χ0) is 14.3. The number of urea groups is 1. The lowest BCUT2D eigenvalue weighted by molar-refractivity contribution is -0.136. The fourth-order valence-corrected chi connectivity index (χ4v) is 1.52. The second kappa shape index (κ2) is 7.25. The van der Waals surface area contributed by atoms with Crippen LogP contribution in [-0.2, 0) is 11.2 Å². The summed E-state index contributed by atoms with van der Waals surface area (Å²) in [4.78, 5) is 21.9. The van der Waals surface area contributed by atoms with Crippen LogP contribution in [0.4, 0.5) is 10.5 Å². The highest BCUT2D eigenvalue weighted by atomic mass is 16.5. The van der Waals surface area contributed by atoms with E-state index in [-0.39, 0.29) is 13.0 Å². The molecule has 1 aromatic rings. The van der Waals surface area contributed by atoms with Gasteiger partial charge in [0.1, 0.15) is 5.75 Å². The smallest absolute Gasteiger partial charge is 0.319 e. The number of hydrogen-bond donors (Lipinski definition) is 3. The number of methoxy groups -OCH3 is 1. The van der Waals surface area contributed by atoms with Crippen LogP contribution in [0.3, 0.4) is 0 Å². The van der Waals surface area contributed by atoms with E-state index in [0.717, 1.165) is 12.0 Å². The van der Waals surface area contributed by atoms with Crippen LogP contribution in [0, 0.1) is 0 Å². The molecule has 3 N–H and O–H groups in total. The third-order valence-electron chi connectivity index (χ3n) is 2.54. The highest BCUT2D eigenvalue weighted by molar-refractivity contribution is 5.91. The molecule has 0 bridgehead atoms. The second-order valence-corrected chi connectivity index (χ2v) is 3.91. The van der Waals surface area contributed by atoms with Crippen molar-refractivity contribution in [1.82, 2.24) is 5.32 Å². The van der Waals surface area contributed by atoms with E-state index in [1.165, 1.54) is 7.11 Å². The Balaban J connectivity index is 2.64. The molecule has 104 valence electrons. The Morgan fingerprint density at radius 3 is 2.68 bits per heavy atom. The number of carboxylic acid groups (broad SMARTS) is 1. The van der Waals surface area contributed by atoms with E-state index in [9.17, 15) is 9.59 Å². The predicted molar refractivity (Wildman–Crippen MR) is 71.6 cm³/mol. The van der Waals surface area contributed by atoms with Crippen LogP contribution in [0.25, 0.3) is 0 Å². The SMILES string of the molecule is CCc1ccc(OC)c(NC(=O)NCCC(=O)O)c1. The molecule has 0 radical (unpaired) electrons. The molecule has 0 aliphatic rings. The van der Waals surface area contributed by atoms with Gasteiger partial charge in [-0.05, 0) is 24.1 Å². The molecule has 0 saturated carbocycles. The normalized spacial score (nSPS) is 9.79. The molecule has 19 heavy (non-hydrogen) atoms. The largest absolute Gasteiger partial charge is 0.495 e. The van der Waals surface area contributed by atoms with Gasteiger partial charge in [0.2, 0.25) is 0 Å². The van der Waals surface area contributed by atoms with E-state index in [2.05, 4.69) is 10.6 Å². The third kappa shape index (κ3) is 4.87. The summed E-state index contributed by atoms with van der Waals surface area (Å²) in [6.07, 6.45) is 0.735. The van der Waals surface area contributed by atoms with E-state index in [1.807, 2.05) is 19.1 Å². The summed E-state index contributed by atoms with van der Waals surface area (Å²) in [5.41, 5.74) is 1.64. The number of amides is 2. The highest BCUT2D eigenvalue weighted by Crippen LogP contribution is 2.25. The van der Waals surface area contributed by atoms with Gasteiger partial charge in [-0.1, -0.05) is 13.0 Å². The number of nitrogens with one attached hydrogen (secondary N) is 2. The molecular weight excluding hydrogens is 248 g/mol. The molecule has 1 aromatic carbocycles. The van der Waals surface area contributed by atoms with Gasteiger partial charge in [-0.2, -0.15) is 0 Å². The van der Waals surface area contributed by atoms with Gasteiger partial charge in [0, 0.05) is 6.54 Å². The number of ether oxygens (including phenoxy) is 1. The van der Waals surface area contributed by atoms with E-state index in [1.54, 1.807) is 6.07 Å². The molecule has 0 fully saturated rings. The van der Waals surface area contributed by atoms with E-state index >= 15 is 0 Å². The van der Waals surface area contributed by atoms with Crippen LogP contribution < -0.4 is 15.4 Å². The van der Waals surface area contributed by atoms with Crippen LogP contribution in [0.5, 0.6) is 5.75 Å². The van der Waals surface area contributed by atoms with Gasteiger partial charge < -0.3 is 20.5 Å². The number of rotatable bonds is 6. The summed E-state index contributed by atoms with van der Waals surface area (Å²) in [5, 5.41) is 13.6. The molecule has 6 heteroatoms. The first-order chi connectivity index (χ1) is 9.06. The summed E-state index contributed by atoms with van der Waals surface area (Å²) in [7, 11) is 1.52. The maximum atomic E-state index is 11.6. The Kier molecular flexibility index (Phi) is 5.66. The molecule has 0 aromatic heterocycles. The molecule has 1 rings (SSSR count). The van der Waals surface area contributed by atoms with Crippen molar-refractivity contribution in [3.63, 3.8) is 0 Å². The zero-order valence-electron chi connectivity index (χ0n) is 11.0. The minimum atomic E-state index is -0.953. The lowest BCUT2D eigenvalue weighted by Gasteiger charge is -2.12. The maximum absolute atomic E-state index is 11.6. The van der Waals surface area contributed by atoms with E-state index in [0.29, 0.717) is 11.4 Å². The third-order valence-corrected chi connectivity index (χ3v) is 2.54. The second-order valence-electron chi connectivity index (χ2n) is 3.91. The van der Waals surface area contributed by atoms with Gasteiger partial charge in [0.15, 0.2) is 0 Å². The van der Waals surface area contributed by atoms with Crippen LogP contribution in [0.1, 0.15) is 18.9 Å². The van der Waals surface area contributed by atoms with Crippen molar-refractivity contribution in [1.29, 1.82) is 0 Å². The lowest BCUT2D eigenvalue weighted by Crippen LogP contribution is -2.30. The van der Waals surface area contributed by atoms with Crippen molar-refractivity contribution in [2.75, 3.05) is 19.0 Å². The summed E-state index contributed by atoms with van der Waals surface area (Å²) in [6.45, 7) is 2.09. The maximum Gasteiger partial charge on any atom is 0.319 e. The zero-order valence-corrected chi connectivity index (χ0v) is 11.0. The standard InChI is InChI=1S/C13H18N2O4/c1-3-9-4-5-11(19-2)10(8-9)15-13(18)14-7-6-12(16)17/h4-5,8H,3,6-7H2,1-2H3,(H,16,17)(H2,14,15,18). The number of carbonyl (C=O) groups excluding carboxylic acids is 1. The molecule has 0 unspecified atom stereocenters. The number of benzene rings is 1. The monoisotopic (exact) mass is 266 g/mol. The molecule has 2 amide bonds. The Morgan fingerprint density at radius 2 is 2.11 bits per heavy atom. The van der Waals surface area contributed by atoms with Gasteiger partial charge in [-0.15, -0.1) is 0 Å². The molecule has 0 heterocycles. The van der Waals surface area contributed by atoms with Gasteiger partial charge in [0.25, 0.3) is 0 Å². The van der Waals surface area contributed by atoms with Crippen molar-refractivity contribution in [2.24, 2.45) is 0 Å². The van der Waals surface area contributed by atoms with Gasteiger partial charge in [0.05, 0.1) is 19.2 Å². The van der Waals surface area contributed by atoms with Crippen molar-refractivity contribution in [3.05, 3.63) is 23.8 Å². The first-order valence-electron chi connectivity index (χ1n) is 6.00. The first kappa shape index (κ1) is 14.8. The highest BCUT2D eigenvalue weighted by Gasteiger charge is 2.08. The quantitative estimate of drug-likeness (QED) is 0.733. The predicted octanol–water partition coefficient (Wildman–Crippen LogP) is 1.85. The number of anilines is 1. The van der Waals surface area contributed by atoms with E-state index < -0.39 is 12.0 Å². The lowest BCUT2D eigenvalue weighted by atomic mass is 10.1. The van der Waals surface area contributed by atoms with Crippen LogP contribution >= 0.6 is 0 Å². The molecule has 0 atom stereocenters. The summed E-state index contributed by atoms with van der Waals surface area (Å²) >= 11 is 0. The minimum absolute atomic E-state index is 0.0803. The fourth-order valence-electron chi connectivity index (χ4n) is 1.52. The fraction of sp³-hybridized carbons (Fsp3) is 0.385. The van der Waals surface area contributed by atoms with Gasteiger partial charge in [-0.25, -0.2) is 4.79 Å². The van der Waals surface area contributed by atoms with Gasteiger partial charge in [-0.3, -0.25) is 4.79 Å². The van der Waals surface area contributed by atoms with Crippen molar-refractivity contribution in [2.45, 2.75) is 19.8 Å². The average molecular weight is 266 g/mol. The summed E-state index contributed by atoms with van der Waals surface area (Å²) < 4.78 is 5.15.